The summed E-state index contributed by atoms with van der Waals surface area (Å²) >= 11 is 6.88. The molecule has 0 spiro atoms. The molecular weight excluding hydrogens is 1750 g/mol. The molecule has 1 aromatic heterocycles. The number of epoxide rings is 1. The zero-order chi connectivity index (χ0) is 93.3. The predicted octanol–water partition coefficient (Wildman–Crippen LogP) is 5.53. The summed E-state index contributed by atoms with van der Waals surface area (Å²) in [4.78, 5) is 192. The number of ketones is 2. The number of hydrogen-bond acceptors (Lipinski definition) is 27. The van der Waals surface area contributed by atoms with Gasteiger partial charge in [0.05, 0.1) is 43.5 Å². The second-order valence-electron chi connectivity index (χ2n) is 32.9. The number of methoxy groups -OCH3 is 2. The molecule has 4 bridgehead atoms. The third-order valence-electron chi connectivity index (χ3n) is 23.2. The number of esters is 1. The van der Waals surface area contributed by atoms with Crippen LogP contribution in [0.4, 0.5) is 10.5 Å². The highest BCUT2D eigenvalue weighted by atomic mass is 35.5. The van der Waals surface area contributed by atoms with Crippen molar-refractivity contribution in [3.8, 4) is 11.5 Å². The van der Waals surface area contributed by atoms with Crippen LogP contribution in [0.15, 0.2) is 121 Å². The fourth-order valence-corrected chi connectivity index (χ4v) is 20.1. The third kappa shape index (κ3) is 28.6. The van der Waals surface area contributed by atoms with Gasteiger partial charge >= 0.3 is 12.1 Å². The van der Waals surface area contributed by atoms with E-state index in [1.54, 1.807) is 92.9 Å². The van der Waals surface area contributed by atoms with E-state index in [9.17, 15) is 63.3 Å². The first-order chi connectivity index (χ1) is 60.9. The van der Waals surface area contributed by atoms with Gasteiger partial charge in [0.1, 0.15) is 82.5 Å². The van der Waals surface area contributed by atoms with Crippen LogP contribution in [-0.4, -0.2) is 250 Å². The van der Waals surface area contributed by atoms with E-state index in [1.807, 2.05) is 31.2 Å². The van der Waals surface area contributed by atoms with Gasteiger partial charge in [-0.2, -0.15) is 0 Å². The smallest absolute Gasteiger partial charge is 0.409 e. The number of carbonyl (C=O) groups excluding carboxylic acids is 13. The molecule has 39 heteroatoms. The maximum absolute atomic E-state index is 15.1. The number of nitrogens with zero attached hydrogens (tertiary/aromatic N) is 2. The fraction of sp³-hybridized carbons (Fsp3) is 0.517. The molecule has 0 unspecified atom stereocenters. The molecule has 0 radical (unpaired) electrons. The Bertz CT molecular complexity index is 4820. The number of para-hydroxylation sites is 1. The zero-order valence-electron chi connectivity index (χ0n) is 73.1. The number of nitrogens with one attached hydrogen (secondary N) is 8. The number of aliphatic hydroxyl groups is 2. The fourth-order valence-electron chi connectivity index (χ4n) is 15.4. The Morgan fingerprint density at radius 1 is 0.828 bits per heavy atom. The number of amides is 10. The summed E-state index contributed by atoms with van der Waals surface area (Å²) in [6.07, 6.45) is -0.238. The molecule has 3 fully saturated rings. The van der Waals surface area contributed by atoms with E-state index in [0.717, 1.165) is 38.3 Å². The number of aromatic hydroxyl groups is 1. The summed E-state index contributed by atoms with van der Waals surface area (Å²) < 4.78 is 29.6. The number of halogens is 1. The number of allylic oxidation sites excluding steroid dienone is 3. The standard InChI is InChI=1S/C89H118ClN13O21S4/c1-49-19-17-26-72(121-9)89(119)45-71(122-87(118)101-89)50(2)78-88(5,124-78)73(44-75(109)103(7)68-40-55(37-49)41-70(120-8)76(68)90)123-86(117)51(3)102(6)74(108)33-36-126-125-35-18-22-58(105)31-32-63(79(93)110)95-84(115)67-48-128-127-47-66(98-81(112)61(92)39-53-20-11-10-12-21-53)69(107)43-56(38-54-27-29-59(106)30-28-54)80(111)97-65(42-57-46-94-62-24-14-13-23-60(57)62)83(114)96-64(25-15-16-34-91)82(113)100-77(52(4)104)85(116)99-67/h10-14,17,19-21,23-24,26-30,40-41,46,50-52,56,61,63-67,71-73,77-78,94,104,106,119H,15-16,18,22,25,31-39,42-45,47-48,91-92H2,1-9H3,(H2,93,110)(H,95,115)(H,96,114)(H,97,111)(H,98,112)(H,99,116)(H,100,113)(H,101,118)/b26-17+,49-19+/t50-,51+,52-,56-,61-,63+,64+,65-,66+,67+,71+,72-,73+,77+,78+,88+,89+/m1/s1. The number of rotatable bonds is 32. The number of H-pyrrole nitrogens is 1. The minimum absolute atomic E-state index is 0.0243. The van der Waals surface area contributed by atoms with E-state index in [-0.39, 0.29) is 105 Å². The van der Waals surface area contributed by atoms with Crippen molar-refractivity contribution >= 4 is 148 Å². The maximum Gasteiger partial charge on any atom is 0.409 e. The zero-order valence-corrected chi connectivity index (χ0v) is 77.1. The highest BCUT2D eigenvalue weighted by molar-refractivity contribution is 8.77. The monoisotopic (exact) mass is 1870 g/mol. The number of benzene rings is 4. The van der Waals surface area contributed by atoms with Gasteiger partial charge in [0, 0.05) is 112 Å². The lowest BCUT2D eigenvalue weighted by Gasteiger charge is -2.42. The van der Waals surface area contributed by atoms with Crippen molar-refractivity contribution in [1.29, 1.82) is 0 Å². The Hall–Kier alpha value is -9.74. The number of alkyl carbamates (subject to hydrolysis) is 1. The number of phenols is 1. The summed E-state index contributed by atoms with van der Waals surface area (Å²) in [6, 6.07) is 14.1. The highest BCUT2D eigenvalue weighted by Gasteiger charge is 2.65. The van der Waals surface area contributed by atoms with Gasteiger partial charge in [-0.15, -0.1) is 0 Å². The first kappa shape index (κ1) is 102. The van der Waals surface area contributed by atoms with Crippen molar-refractivity contribution in [2.24, 2.45) is 29.0 Å². The number of likely N-dealkylation sites (N-methyl/N-ethyl adjacent to an activating group) is 1. The van der Waals surface area contributed by atoms with Crippen molar-refractivity contribution in [2.75, 3.05) is 62.8 Å². The Morgan fingerprint density at radius 2 is 1.52 bits per heavy atom. The molecule has 0 aliphatic carbocycles. The van der Waals surface area contributed by atoms with Crippen LogP contribution in [0.1, 0.15) is 128 Å². The minimum Gasteiger partial charge on any atom is -0.508 e. The Labute approximate surface area is 764 Å². The number of primary amides is 1. The van der Waals surface area contributed by atoms with E-state index in [0.29, 0.717) is 58.5 Å². The summed E-state index contributed by atoms with van der Waals surface area (Å²) in [5.41, 5.74) is 19.4. The molecule has 128 heavy (non-hydrogen) atoms. The molecule has 10 amide bonds. The lowest BCUT2D eigenvalue weighted by atomic mass is 9.83. The largest absolute Gasteiger partial charge is 0.508 e. The summed E-state index contributed by atoms with van der Waals surface area (Å²) in [7, 11) is 10.5. The van der Waals surface area contributed by atoms with Gasteiger partial charge < -0.3 is 103 Å². The average molecular weight is 1870 g/mol. The number of unbranched alkanes of at least 4 members (excludes halogenated alkanes) is 1. The molecule has 5 aromatic rings. The van der Waals surface area contributed by atoms with Crippen LogP contribution in [-0.2, 0) is 102 Å². The predicted molar refractivity (Wildman–Crippen MR) is 489 cm³/mol. The number of phenolic OH excluding ortho intramolecular Hbond substituents is 1. The van der Waals surface area contributed by atoms with E-state index < -0.39 is 186 Å². The number of ether oxygens (including phenoxy) is 5. The molecule has 5 heterocycles. The summed E-state index contributed by atoms with van der Waals surface area (Å²) in [5, 5.41) is 53.0. The molecule has 3 saturated heterocycles. The number of carbonyl (C=O) groups is 13. The average Bonchev–Trinajstić information content (AvgIpc) is 1.57. The molecule has 4 aliphatic rings. The number of fused-ring (bicyclic) bond motifs is 6. The van der Waals surface area contributed by atoms with Gasteiger partial charge in [-0.25, -0.2) is 9.59 Å². The van der Waals surface area contributed by atoms with Gasteiger partial charge in [0.2, 0.25) is 53.2 Å². The van der Waals surface area contributed by atoms with Crippen molar-refractivity contribution in [3.05, 3.63) is 148 Å². The highest BCUT2D eigenvalue weighted by Crippen LogP contribution is 2.50. The van der Waals surface area contributed by atoms with Gasteiger partial charge in [0.25, 0.3) is 0 Å². The van der Waals surface area contributed by atoms with E-state index in [4.69, 9.17) is 52.5 Å². The third-order valence-corrected chi connectivity index (χ3v) is 28.5. The molecule has 9 rings (SSSR count). The summed E-state index contributed by atoms with van der Waals surface area (Å²) in [5.74, 6) is -10.6. The van der Waals surface area contributed by atoms with E-state index in [2.05, 4.69) is 42.2 Å². The van der Waals surface area contributed by atoms with Crippen molar-refractivity contribution in [2.45, 2.75) is 221 Å². The Kier molecular flexibility index (Phi) is 38.4. The normalized spacial score (nSPS) is 25.8. The van der Waals surface area contributed by atoms with Crippen LogP contribution in [0.25, 0.3) is 10.9 Å². The van der Waals surface area contributed by atoms with Crippen LogP contribution < -0.4 is 64.1 Å². The van der Waals surface area contributed by atoms with Gasteiger partial charge in [0.15, 0.2) is 11.5 Å². The number of aromatic nitrogens is 1. The molecule has 0 saturated carbocycles. The number of hydrogen-bond donors (Lipinski definition) is 14. The molecule has 4 aromatic carbocycles. The first-order valence-corrected chi connectivity index (χ1v) is 47.8. The van der Waals surface area contributed by atoms with E-state index in [1.165, 1.54) is 85.7 Å². The molecule has 696 valence electrons. The molecule has 34 nitrogen and oxygen atoms in total. The van der Waals surface area contributed by atoms with Crippen molar-refractivity contribution in [3.63, 3.8) is 0 Å². The van der Waals surface area contributed by atoms with Crippen LogP contribution in [0, 0.1) is 11.8 Å². The number of Topliss-reactive ketones (excluding diaryl/α,β-unsaturated/α-hetero) is 2. The molecule has 17 N–H and O–H groups in total. The van der Waals surface area contributed by atoms with Crippen molar-refractivity contribution < 1.29 is 101 Å². The Balaban J connectivity index is 0.838. The molecular formula is C89H118ClN13O21S4. The topological polar surface area (TPSA) is 517 Å². The minimum atomic E-state index is -1.93. The van der Waals surface area contributed by atoms with E-state index >= 15 is 14.4 Å². The number of anilines is 1. The second kappa shape index (κ2) is 48.2. The van der Waals surface area contributed by atoms with Crippen molar-refractivity contribution in [1.82, 2.24) is 47.1 Å². The van der Waals surface area contributed by atoms with Crippen LogP contribution in [0.3, 0.4) is 0 Å². The number of aliphatic hydroxyl groups excluding tert-OH is 1. The SMILES string of the molecule is COc1cc2cc(c1Cl)N(C)C(=O)C[C@H](OC(=O)[C@H](C)N(C)C(=O)CCSSCCCC(=O)CC[C@H](NC(=O)[C@@H]1CSSC[C@H](NC(=O)[C@H](N)Cc3ccccc3)C(=O)C[C@@H](Cc3ccc(O)cc3)C(=O)N[C@H](Cc3c[nH]c4ccccc34)C(=O)N[C@@H](CCCCN)C(=O)N[C@@H]([C@@H](C)O)C(=O)N1)C(N)=O)[C@]1(C)O[C@H]1[C@H](C)[C@@H]1C[C@@](O)(NC(=O)O1)[C@H](OC)/C=C/C=C(\C)C2. The molecule has 17 atom stereocenters. The lowest BCUT2D eigenvalue weighted by molar-refractivity contribution is -0.162. The Morgan fingerprint density at radius 3 is 2.23 bits per heavy atom. The second-order valence-corrected chi connectivity index (χ2v) is 38.5. The maximum atomic E-state index is 15.1. The van der Waals surface area contributed by atoms with Gasteiger partial charge in [-0.1, -0.05) is 146 Å². The van der Waals surface area contributed by atoms with Crippen LogP contribution in [0.5, 0.6) is 11.5 Å². The number of aromatic amines is 1. The summed E-state index contributed by atoms with van der Waals surface area (Å²) in [6.45, 7) is 8.19. The van der Waals surface area contributed by atoms with Crippen LogP contribution in [0.2, 0.25) is 5.02 Å². The van der Waals surface area contributed by atoms with Gasteiger partial charge in [-0.3, -0.25) is 58.1 Å². The quantitative estimate of drug-likeness (QED) is 0.0109. The molecule has 4 aliphatic heterocycles. The van der Waals surface area contributed by atoms with Gasteiger partial charge in [-0.05, 0) is 138 Å². The number of nitrogens with two attached hydrogens (primary N) is 3. The first-order valence-electron chi connectivity index (χ1n) is 42.4. The lowest BCUT2D eigenvalue weighted by Crippen LogP contribution is -2.63. The van der Waals surface area contributed by atoms with Crippen LogP contribution >= 0.6 is 54.8 Å².